The standard InChI is InChI=1S/C29H23NO2/c1-3-16-32-29(31)28-24(21-10-6-4-7-11-21)19-26(22-12-8-5-9-13-22)30-25-15-14-20(2)17-23(25)18-27(28)30/h1,4-15,17-19,24,28H,16H2,2H3/t24-,28-/m0/s1. The van der Waals surface area contributed by atoms with Gasteiger partial charge in [-0.2, -0.15) is 0 Å². The Morgan fingerprint density at radius 1 is 1.00 bits per heavy atom. The number of allylic oxidation sites excluding steroid dienone is 1. The van der Waals surface area contributed by atoms with Gasteiger partial charge in [0, 0.05) is 22.7 Å². The lowest BCUT2D eigenvalue weighted by molar-refractivity contribution is -0.144. The van der Waals surface area contributed by atoms with Crippen molar-refractivity contribution in [2.24, 2.45) is 0 Å². The molecule has 0 spiro atoms. The number of carbonyl (C=O) groups excluding carboxylic acids is 1. The van der Waals surface area contributed by atoms with Gasteiger partial charge in [0.15, 0.2) is 6.61 Å². The fourth-order valence-electron chi connectivity index (χ4n) is 4.65. The number of rotatable bonds is 4. The van der Waals surface area contributed by atoms with Crippen LogP contribution in [-0.4, -0.2) is 17.1 Å². The van der Waals surface area contributed by atoms with Gasteiger partial charge in [-0.05, 0) is 36.2 Å². The van der Waals surface area contributed by atoms with Gasteiger partial charge in [0.25, 0.3) is 0 Å². The van der Waals surface area contributed by atoms with Gasteiger partial charge in [-0.1, -0.05) is 84.3 Å². The van der Waals surface area contributed by atoms with Crippen LogP contribution in [-0.2, 0) is 9.53 Å². The summed E-state index contributed by atoms with van der Waals surface area (Å²) in [5, 5.41) is 1.10. The number of terminal acetylenes is 1. The second-order valence-corrected chi connectivity index (χ2v) is 8.11. The lowest BCUT2D eigenvalue weighted by Gasteiger charge is -2.31. The minimum absolute atomic E-state index is 0.0363. The van der Waals surface area contributed by atoms with Crippen molar-refractivity contribution >= 4 is 22.6 Å². The summed E-state index contributed by atoms with van der Waals surface area (Å²) in [5.74, 6) is 1.45. The first kappa shape index (κ1) is 19.9. The van der Waals surface area contributed by atoms with Gasteiger partial charge < -0.3 is 9.30 Å². The second-order valence-electron chi connectivity index (χ2n) is 8.11. The summed E-state index contributed by atoms with van der Waals surface area (Å²) in [7, 11) is 0. The highest BCUT2D eigenvalue weighted by atomic mass is 16.5. The number of fused-ring (bicyclic) bond motifs is 3. The third-order valence-electron chi connectivity index (χ3n) is 6.05. The van der Waals surface area contributed by atoms with Crippen LogP contribution in [0.15, 0.2) is 91.0 Å². The first-order valence-electron chi connectivity index (χ1n) is 10.7. The van der Waals surface area contributed by atoms with Gasteiger partial charge in [0.05, 0.1) is 5.52 Å². The van der Waals surface area contributed by atoms with Gasteiger partial charge in [0.1, 0.15) is 5.92 Å². The number of carbonyl (C=O) groups is 1. The van der Waals surface area contributed by atoms with Crippen molar-refractivity contribution in [2.45, 2.75) is 18.8 Å². The van der Waals surface area contributed by atoms with Crippen molar-refractivity contribution in [1.82, 2.24) is 4.57 Å². The lowest BCUT2D eigenvalue weighted by atomic mass is 9.80. The number of hydrogen-bond acceptors (Lipinski definition) is 2. The molecule has 0 saturated carbocycles. The molecule has 5 rings (SSSR count). The summed E-state index contributed by atoms with van der Waals surface area (Å²) in [6.07, 6.45) is 7.57. The molecule has 0 bridgehead atoms. The molecule has 3 heteroatoms. The van der Waals surface area contributed by atoms with E-state index in [4.69, 9.17) is 11.2 Å². The van der Waals surface area contributed by atoms with E-state index in [0.29, 0.717) is 0 Å². The van der Waals surface area contributed by atoms with E-state index in [2.05, 4.69) is 72.0 Å². The smallest absolute Gasteiger partial charge is 0.316 e. The van der Waals surface area contributed by atoms with Crippen LogP contribution in [0.1, 0.15) is 34.2 Å². The summed E-state index contributed by atoms with van der Waals surface area (Å²) in [4.78, 5) is 13.3. The van der Waals surface area contributed by atoms with E-state index >= 15 is 0 Å². The molecular weight excluding hydrogens is 394 g/mol. The molecule has 0 fully saturated rings. The number of aryl methyl sites for hydroxylation is 1. The molecule has 1 aliphatic rings. The van der Waals surface area contributed by atoms with E-state index < -0.39 is 5.92 Å². The van der Waals surface area contributed by atoms with E-state index in [-0.39, 0.29) is 18.5 Å². The number of hydrogen-bond donors (Lipinski definition) is 0. The quantitative estimate of drug-likeness (QED) is 0.306. The molecule has 1 aliphatic heterocycles. The molecule has 32 heavy (non-hydrogen) atoms. The molecule has 0 amide bonds. The van der Waals surface area contributed by atoms with E-state index in [1.807, 2.05) is 36.4 Å². The summed E-state index contributed by atoms with van der Waals surface area (Å²) in [6, 6.07) is 28.9. The van der Waals surface area contributed by atoms with Crippen molar-refractivity contribution in [3.05, 3.63) is 113 Å². The predicted octanol–water partition coefficient (Wildman–Crippen LogP) is 5.90. The zero-order chi connectivity index (χ0) is 22.1. The SMILES string of the molecule is C#CCOC(=O)[C@@H]1c2cc3cc(C)ccc3n2C(c2ccccc2)=C[C@H]1c1ccccc1. The number of aromatic nitrogens is 1. The molecule has 2 atom stereocenters. The van der Waals surface area contributed by atoms with Gasteiger partial charge in [-0.25, -0.2) is 0 Å². The minimum atomic E-state index is -0.495. The number of nitrogens with zero attached hydrogens (tertiary/aromatic N) is 1. The van der Waals surface area contributed by atoms with E-state index in [1.165, 1.54) is 5.56 Å². The zero-order valence-electron chi connectivity index (χ0n) is 17.9. The van der Waals surface area contributed by atoms with Crippen molar-refractivity contribution in [1.29, 1.82) is 0 Å². The van der Waals surface area contributed by atoms with Crippen LogP contribution in [0.2, 0.25) is 0 Å². The molecule has 1 aromatic heterocycles. The zero-order valence-corrected chi connectivity index (χ0v) is 17.9. The maximum atomic E-state index is 13.3. The molecule has 0 radical (unpaired) electrons. The third-order valence-corrected chi connectivity index (χ3v) is 6.05. The average molecular weight is 418 g/mol. The van der Waals surface area contributed by atoms with Crippen LogP contribution in [0.5, 0.6) is 0 Å². The van der Waals surface area contributed by atoms with Gasteiger partial charge >= 0.3 is 5.97 Å². The fraction of sp³-hybridized carbons (Fsp3) is 0.138. The first-order valence-corrected chi connectivity index (χ1v) is 10.7. The Morgan fingerprint density at radius 2 is 1.72 bits per heavy atom. The molecule has 0 saturated heterocycles. The summed E-state index contributed by atoms with van der Waals surface area (Å²) in [6.45, 7) is 2.04. The first-order chi connectivity index (χ1) is 15.7. The molecule has 0 aliphatic carbocycles. The van der Waals surface area contributed by atoms with Gasteiger partial charge in [-0.3, -0.25) is 4.79 Å². The topological polar surface area (TPSA) is 31.2 Å². The average Bonchev–Trinajstić information content (AvgIpc) is 3.20. The Bertz CT molecular complexity index is 1360. The lowest BCUT2D eigenvalue weighted by Crippen LogP contribution is -2.28. The predicted molar refractivity (Wildman–Crippen MR) is 128 cm³/mol. The van der Waals surface area contributed by atoms with E-state index in [0.717, 1.165) is 33.4 Å². The number of benzene rings is 3. The monoisotopic (exact) mass is 417 g/mol. The van der Waals surface area contributed by atoms with Crippen molar-refractivity contribution in [2.75, 3.05) is 6.61 Å². The van der Waals surface area contributed by atoms with Crippen LogP contribution in [0.3, 0.4) is 0 Å². The third kappa shape index (κ3) is 3.40. The molecule has 0 N–H and O–H groups in total. The highest BCUT2D eigenvalue weighted by Crippen LogP contribution is 2.45. The Kier molecular flexibility index (Phi) is 5.13. The van der Waals surface area contributed by atoms with Gasteiger partial charge in [-0.15, -0.1) is 6.42 Å². The highest BCUT2D eigenvalue weighted by Gasteiger charge is 2.38. The maximum Gasteiger partial charge on any atom is 0.316 e. The summed E-state index contributed by atoms with van der Waals surface area (Å²) < 4.78 is 7.68. The van der Waals surface area contributed by atoms with Crippen molar-refractivity contribution < 1.29 is 9.53 Å². The van der Waals surface area contributed by atoms with Crippen molar-refractivity contribution in [3.8, 4) is 12.3 Å². The Labute approximate surface area is 188 Å². The van der Waals surface area contributed by atoms with Crippen LogP contribution >= 0.6 is 0 Å². The van der Waals surface area contributed by atoms with E-state index in [1.54, 1.807) is 0 Å². The van der Waals surface area contributed by atoms with Crippen LogP contribution in [0, 0.1) is 19.3 Å². The normalized spacial score (nSPS) is 17.3. The molecule has 3 aromatic carbocycles. The number of ether oxygens (including phenoxy) is 1. The Morgan fingerprint density at radius 3 is 2.44 bits per heavy atom. The number of esters is 1. The molecular formula is C29H23NO2. The second kappa shape index (κ2) is 8.24. The van der Waals surface area contributed by atoms with Gasteiger partial charge in [0.2, 0.25) is 0 Å². The van der Waals surface area contributed by atoms with Crippen LogP contribution in [0.4, 0.5) is 0 Å². The largest absolute Gasteiger partial charge is 0.452 e. The molecule has 0 unspecified atom stereocenters. The maximum absolute atomic E-state index is 13.3. The van der Waals surface area contributed by atoms with Crippen LogP contribution < -0.4 is 0 Å². The van der Waals surface area contributed by atoms with E-state index in [9.17, 15) is 4.79 Å². The summed E-state index contributed by atoms with van der Waals surface area (Å²) in [5.41, 5.74) is 6.40. The Hall–Kier alpha value is -4.03. The van der Waals surface area contributed by atoms with Crippen molar-refractivity contribution in [3.63, 3.8) is 0 Å². The Balaban J connectivity index is 1.79. The molecule has 4 aromatic rings. The molecule has 2 heterocycles. The highest BCUT2D eigenvalue weighted by molar-refractivity contribution is 5.93. The molecule has 3 nitrogen and oxygen atoms in total. The summed E-state index contributed by atoms with van der Waals surface area (Å²) >= 11 is 0. The van der Waals surface area contributed by atoms with Crippen LogP contribution in [0.25, 0.3) is 16.6 Å². The fourth-order valence-corrected chi connectivity index (χ4v) is 4.65. The minimum Gasteiger partial charge on any atom is -0.452 e. The molecule has 156 valence electrons.